The van der Waals surface area contributed by atoms with Gasteiger partial charge in [-0.2, -0.15) is 0 Å². The van der Waals surface area contributed by atoms with Gasteiger partial charge in [-0.05, 0) is 82.4 Å². The Morgan fingerprint density at radius 2 is 2.07 bits per heavy atom. The first-order chi connectivity index (χ1) is 21.3. The van der Waals surface area contributed by atoms with Gasteiger partial charge in [-0.3, -0.25) is 0 Å². The lowest BCUT2D eigenvalue weighted by Crippen LogP contribution is -2.46. The van der Waals surface area contributed by atoms with E-state index in [0.717, 1.165) is 42.9 Å². The molecule has 4 rings (SSSR count). The normalized spacial score (nSPS) is 25.1. The van der Waals surface area contributed by atoms with E-state index in [4.69, 9.17) is 0 Å². The maximum absolute atomic E-state index is 4.64. The Kier molecular flexibility index (Phi) is 11.9. The molecule has 1 aromatic rings. The van der Waals surface area contributed by atoms with Gasteiger partial charge in [0.05, 0.1) is 5.54 Å². The zero-order chi connectivity index (χ0) is 31.4. The summed E-state index contributed by atoms with van der Waals surface area (Å²) in [5.74, 6) is 1.84. The summed E-state index contributed by atoms with van der Waals surface area (Å²) >= 11 is 0. The molecule has 44 heavy (non-hydrogen) atoms. The van der Waals surface area contributed by atoms with Gasteiger partial charge >= 0.3 is 7.55 Å². The second kappa shape index (κ2) is 16.0. The third-order valence-electron chi connectivity index (χ3n) is 8.59. The Morgan fingerprint density at radius 3 is 2.91 bits per heavy atom. The van der Waals surface area contributed by atoms with Crippen molar-refractivity contribution < 1.29 is 0 Å². The first kappa shape index (κ1) is 32.7. The molecule has 229 valence electrons. The number of aromatic nitrogens is 2. The first-order valence-electron chi connectivity index (χ1n) is 15.9. The van der Waals surface area contributed by atoms with Crippen molar-refractivity contribution in [3.63, 3.8) is 0 Å². The van der Waals surface area contributed by atoms with Crippen molar-refractivity contribution in [3.8, 4) is 0 Å². The second-order valence-corrected chi connectivity index (χ2v) is 12.0. The highest BCUT2D eigenvalue weighted by atomic mass is 15.0. The number of rotatable bonds is 13. The fourth-order valence-corrected chi connectivity index (χ4v) is 5.69. The molecule has 3 N–H and O–H groups in total. The first-order valence-corrected chi connectivity index (χ1v) is 15.9. The van der Waals surface area contributed by atoms with Crippen LogP contribution < -0.4 is 15.9 Å². The standard InChI is InChI=1S/C38H49BN5/c1-7-8-22-36-32(5)41-28-35(36)20-12-11-18-33-19-14-21-34(27-33)37-40-25-26-44(37)39-42-24-13-9-10-17-30(3)43-38(6)23-15-16-29(2)31(38)4/h8-17,20-27,31,33,41-43H,7,18-19,28H2,1-6H3/b10-9-,12-11-,22-8-,24-13+,30-17+,35-20+/t31-,33?,38-/m0/s1. The van der Waals surface area contributed by atoms with Gasteiger partial charge in [0.2, 0.25) is 0 Å². The summed E-state index contributed by atoms with van der Waals surface area (Å²) in [5.41, 5.74) is 7.55. The Labute approximate surface area is 266 Å². The minimum absolute atomic E-state index is 0.0698. The van der Waals surface area contributed by atoms with Crippen molar-refractivity contribution in [2.24, 2.45) is 11.8 Å². The number of hydrogen-bond acceptors (Lipinski definition) is 4. The van der Waals surface area contributed by atoms with E-state index in [1.165, 1.54) is 22.4 Å². The highest BCUT2D eigenvalue weighted by Gasteiger charge is 2.30. The Hall–Kier alpha value is -4.19. The number of imidazole rings is 1. The fourth-order valence-electron chi connectivity index (χ4n) is 5.69. The molecule has 0 aromatic carbocycles. The molecule has 6 heteroatoms. The van der Waals surface area contributed by atoms with E-state index in [2.05, 4.69) is 141 Å². The maximum atomic E-state index is 4.64. The highest BCUT2D eigenvalue weighted by molar-refractivity contribution is 6.31. The van der Waals surface area contributed by atoms with Crippen LogP contribution in [0.4, 0.5) is 0 Å². The van der Waals surface area contributed by atoms with Crippen molar-refractivity contribution in [3.05, 3.63) is 144 Å². The van der Waals surface area contributed by atoms with E-state index >= 15 is 0 Å². The lowest BCUT2D eigenvalue weighted by atomic mass is 9.78. The van der Waals surface area contributed by atoms with Crippen LogP contribution in [0.15, 0.2) is 138 Å². The summed E-state index contributed by atoms with van der Waals surface area (Å²) in [5, 5.41) is 10.4. The molecular weight excluding hydrogens is 537 g/mol. The van der Waals surface area contributed by atoms with Crippen molar-refractivity contribution in [2.45, 2.75) is 66.3 Å². The van der Waals surface area contributed by atoms with Crippen molar-refractivity contribution in [2.75, 3.05) is 6.54 Å². The third kappa shape index (κ3) is 8.92. The Morgan fingerprint density at radius 1 is 1.20 bits per heavy atom. The van der Waals surface area contributed by atoms with Gasteiger partial charge in [0.1, 0.15) is 5.82 Å². The van der Waals surface area contributed by atoms with Gasteiger partial charge < -0.3 is 20.3 Å². The zero-order valence-corrected chi connectivity index (χ0v) is 27.3. The molecule has 0 bridgehead atoms. The quantitative estimate of drug-likeness (QED) is 0.162. The van der Waals surface area contributed by atoms with Gasteiger partial charge in [0, 0.05) is 41.8 Å². The molecule has 3 aliphatic rings. The molecule has 0 fully saturated rings. The van der Waals surface area contributed by atoms with Gasteiger partial charge in [-0.15, -0.1) is 0 Å². The van der Waals surface area contributed by atoms with E-state index in [0.29, 0.717) is 11.8 Å². The molecule has 0 saturated heterocycles. The monoisotopic (exact) mass is 586 g/mol. The molecule has 1 radical (unpaired) electrons. The van der Waals surface area contributed by atoms with Crippen LogP contribution in [0.3, 0.4) is 0 Å². The molecule has 0 amide bonds. The maximum Gasteiger partial charge on any atom is 0.393 e. The van der Waals surface area contributed by atoms with Gasteiger partial charge in [-0.25, -0.2) is 4.98 Å². The van der Waals surface area contributed by atoms with E-state index in [1.54, 1.807) is 0 Å². The number of nitrogens with one attached hydrogen (secondary N) is 3. The van der Waals surface area contributed by atoms with Crippen molar-refractivity contribution >= 4 is 13.1 Å². The SMILES string of the molecule is CC/C=C\C1=C(C)NC/C1=C\C=C/CC1C=C(c2nccn2[B]N/C=C/C=C\C=C(/C)N[C@@]2(C)C=CC=C(C)[C@@H]2C)C=CC1. The number of allylic oxidation sites excluding steroid dienone is 17. The smallest absolute Gasteiger partial charge is 0.393 e. The Bertz CT molecular complexity index is 1490. The van der Waals surface area contributed by atoms with Crippen LogP contribution in [0.25, 0.3) is 5.57 Å². The fraction of sp³-hybridized carbons (Fsp3) is 0.342. The predicted octanol–water partition coefficient (Wildman–Crippen LogP) is 8.00. The molecule has 1 unspecified atom stereocenters. The van der Waals surface area contributed by atoms with Crippen molar-refractivity contribution in [1.29, 1.82) is 0 Å². The van der Waals surface area contributed by atoms with Gasteiger partial charge in [0.15, 0.2) is 0 Å². The summed E-state index contributed by atoms with van der Waals surface area (Å²) in [7, 11) is 1.93. The molecule has 2 aliphatic carbocycles. The summed E-state index contributed by atoms with van der Waals surface area (Å²) in [6, 6.07) is 0. The van der Waals surface area contributed by atoms with Crippen LogP contribution in [0.1, 0.15) is 66.6 Å². The number of nitrogens with zero attached hydrogens (tertiary/aromatic N) is 2. The second-order valence-electron chi connectivity index (χ2n) is 12.0. The molecule has 3 atom stereocenters. The van der Waals surface area contributed by atoms with Crippen LogP contribution in [0, 0.1) is 11.8 Å². The summed E-state index contributed by atoms with van der Waals surface area (Å²) in [6.45, 7) is 14.1. The zero-order valence-electron chi connectivity index (χ0n) is 27.3. The lowest BCUT2D eigenvalue weighted by molar-refractivity contribution is 0.368. The van der Waals surface area contributed by atoms with Crippen LogP contribution in [0.5, 0.6) is 0 Å². The molecule has 1 aliphatic heterocycles. The summed E-state index contributed by atoms with van der Waals surface area (Å²) < 4.78 is 2.03. The van der Waals surface area contributed by atoms with E-state index in [9.17, 15) is 0 Å². The molecule has 2 heterocycles. The predicted molar refractivity (Wildman–Crippen MR) is 189 cm³/mol. The third-order valence-corrected chi connectivity index (χ3v) is 8.59. The van der Waals surface area contributed by atoms with Gasteiger partial charge in [0.25, 0.3) is 0 Å². The summed E-state index contributed by atoms with van der Waals surface area (Å²) in [4.78, 5) is 4.64. The van der Waals surface area contributed by atoms with Crippen LogP contribution in [-0.2, 0) is 0 Å². The molecule has 5 nitrogen and oxygen atoms in total. The number of hydrogen-bond donors (Lipinski definition) is 3. The van der Waals surface area contributed by atoms with Crippen LogP contribution in [0.2, 0.25) is 0 Å². The molecule has 0 spiro atoms. The average molecular weight is 587 g/mol. The van der Waals surface area contributed by atoms with Crippen LogP contribution in [-0.4, -0.2) is 29.1 Å². The molecular formula is C38H49BN5. The summed E-state index contributed by atoms with van der Waals surface area (Å²) in [6.07, 6.45) is 41.6. The molecule has 0 saturated carbocycles. The van der Waals surface area contributed by atoms with Crippen LogP contribution >= 0.6 is 0 Å². The van der Waals surface area contributed by atoms with E-state index in [-0.39, 0.29) is 5.54 Å². The van der Waals surface area contributed by atoms with Gasteiger partial charge in [-0.1, -0.05) is 98.4 Å². The highest BCUT2D eigenvalue weighted by Crippen LogP contribution is 2.30. The average Bonchev–Trinajstić information content (AvgIpc) is 3.62. The topological polar surface area (TPSA) is 53.9 Å². The van der Waals surface area contributed by atoms with E-state index < -0.39 is 0 Å². The van der Waals surface area contributed by atoms with E-state index in [1.807, 2.05) is 42.8 Å². The minimum atomic E-state index is -0.0698. The Balaban J connectivity index is 1.26. The lowest BCUT2D eigenvalue weighted by Gasteiger charge is -2.38. The minimum Gasteiger partial charge on any atom is -0.418 e. The molecule has 1 aromatic heterocycles. The largest absolute Gasteiger partial charge is 0.418 e. The van der Waals surface area contributed by atoms with Crippen molar-refractivity contribution in [1.82, 2.24) is 25.3 Å².